The van der Waals surface area contributed by atoms with Crippen LogP contribution >= 0.6 is 15.9 Å². The van der Waals surface area contributed by atoms with E-state index in [4.69, 9.17) is 11.0 Å². The van der Waals surface area contributed by atoms with Crippen LogP contribution in [0.1, 0.15) is 11.6 Å². The van der Waals surface area contributed by atoms with Crippen molar-refractivity contribution in [3.63, 3.8) is 0 Å². The van der Waals surface area contributed by atoms with Crippen molar-refractivity contribution in [3.8, 4) is 6.07 Å². The molecular formula is C7H6BrN3. The predicted octanol–water partition coefficient (Wildman–Crippen LogP) is 1.37. The Hall–Kier alpha value is -0.920. The van der Waals surface area contributed by atoms with Crippen LogP contribution < -0.4 is 5.73 Å². The minimum absolute atomic E-state index is 0.599. The molecule has 0 aliphatic heterocycles. The van der Waals surface area contributed by atoms with Gasteiger partial charge in [0.25, 0.3) is 0 Å². The van der Waals surface area contributed by atoms with Gasteiger partial charge in [-0.25, -0.2) is 4.98 Å². The van der Waals surface area contributed by atoms with Gasteiger partial charge >= 0.3 is 0 Å². The fraction of sp³-hybridized carbons (Fsp3) is 0.143. The lowest BCUT2D eigenvalue weighted by molar-refractivity contribution is 0.905. The molecule has 0 bridgehead atoms. The average Bonchev–Trinajstić information content (AvgIpc) is 2.04. The molecule has 0 aliphatic rings. The summed E-state index contributed by atoms with van der Waals surface area (Å²) in [5.41, 5.74) is 6.18. The Labute approximate surface area is 73.0 Å². The van der Waals surface area contributed by atoms with Gasteiger partial charge < -0.3 is 5.73 Å². The number of hydrogen-bond acceptors (Lipinski definition) is 3. The Morgan fingerprint density at radius 3 is 3.00 bits per heavy atom. The fourth-order valence-corrected chi connectivity index (χ4v) is 1.20. The first-order chi connectivity index (χ1) is 5.25. The maximum absolute atomic E-state index is 8.49. The lowest BCUT2D eigenvalue weighted by atomic mass is 10.1. The highest BCUT2D eigenvalue weighted by atomic mass is 79.9. The summed E-state index contributed by atoms with van der Waals surface area (Å²) >= 11 is 3.20. The van der Waals surface area contributed by atoms with Crippen molar-refractivity contribution in [1.82, 2.24) is 4.98 Å². The third-order valence-corrected chi connectivity index (χ3v) is 1.92. The van der Waals surface area contributed by atoms with Gasteiger partial charge in [0.1, 0.15) is 10.6 Å². The molecule has 3 nitrogen and oxygen atoms in total. The van der Waals surface area contributed by atoms with Crippen molar-refractivity contribution in [2.45, 2.75) is 6.04 Å². The molecule has 0 aromatic carbocycles. The second kappa shape index (κ2) is 3.46. The molecule has 1 aromatic rings. The highest BCUT2D eigenvalue weighted by molar-refractivity contribution is 9.10. The molecule has 0 fully saturated rings. The number of nitriles is 1. The molecule has 0 amide bonds. The minimum atomic E-state index is -0.599. The van der Waals surface area contributed by atoms with E-state index in [-0.39, 0.29) is 0 Å². The summed E-state index contributed by atoms with van der Waals surface area (Å²) in [6.07, 6.45) is 1.64. The molecule has 2 N–H and O–H groups in total. The van der Waals surface area contributed by atoms with Crippen LogP contribution in [0.15, 0.2) is 22.9 Å². The zero-order valence-electron chi connectivity index (χ0n) is 5.66. The molecule has 1 aromatic heterocycles. The van der Waals surface area contributed by atoms with Gasteiger partial charge in [-0.05, 0) is 22.0 Å². The molecule has 11 heavy (non-hydrogen) atoms. The van der Waals surface area contributed by atoms with Crippen LogP contribution in [0.25, 0.3) is 0 Å². The number of hydrogen-bond donors (Lipinski definition) is 1. The van der Waals surface area contributed by atoms with E-state index in [0.717, 1.165) is 5.56 Å². The summed E-state index contributed by atoms with van der Waals surface area (Å²) in [4.78, 5) is 3.93. The van der Waals surface area contributed by atoms with Crippen LogP contribution in [0.5, 0.6) is 0 Å². The Kier molecular flexibility index (Phi) is 2.58. The summed E-state index contributed by atoms with van der Waals surface area (Å²) in [5.74, 6) is 0. The van der Waals surface area contributed by atoms with Gasteiger partial charge in [0.15, 0.2) is 0 Å². The van der Waals surface area contributed by atoms with Gasteiger partial charge in [-0.15, -0.1) is 0 Å². The van der Waals surface area contributed by atoms with Gasteiger partial charge in [-0.1, -0.05) is 6.07 Å². The van der Waals surface area contributed by atoms with E-state index in [1.54, 1.807) is 18.3 Å². The molecule has 0 radical (unpaired) electrons. The van der Waals surface area contributed by atoms with Crippen LogP contribution in [0.2, 0.25) is 0 Å². The summed E-state index contributed by atoms with van der Waals surface area (Å²) in [5, 5.41) is 8.49. The summed E-state index contributed by atoms with van der Waals surface area (Å²) in [6.45, 7) is 0. The van der Waals surface area contributed by atoms with E-state index >= 15 is 0 Å². The second-order valence-electron chi connectivity index (χ2n) is 1.99. The minimum Gasteiger partial charge on any atom is -0.312 e. The number of rotatable bonds is 1. The average molecular weight is 212 g/mol. The van der Waals surface area contributed by atoms with E-state index in [1.807, 2.05) is 6.07 Å². The van der Waals surface area contributed by atoms with Crippen molar-refractivity contribution in [2.24, 2.45) is 5.73 Å². The molecule has 0 saturated carbocycles. The van der Waals surface area contributed by atoms with Crippen molar-refractivity contribution in [1.29, 1.82) is 5.26 Å². The summed E-state index contributed by atoms with van der Waals surface area (Å²) in [6, 6.07) is 4.85. The van der Waals surface area contributed by atoms with Crippen LogP contribution in [0, 0.1) is 11.3 Å². The molecule has 0 saturated heterocycles. The molecule has 1 rings (SSSR count). The van der Waals surface area contributed by atoms with E-state index in [1.165, 1.54) is 0 Å². The molecule has 4 heteroatoms. The van der Waals surface area contributed by atoms with Crippen molar-refractivity contribution < 1.29 is 0 Å². The van der Waals surface area contributed by atoms with Crippen LogP contribution in [0.3, 0.4) is 0 Å². The topological polar surface area (TPSA) is 62.7 Å². The van der Waals surface area contributed by atoms with Crippen molar-refractivity contribution >= 4 is 15.9 Å². The lowest BCUT2D eigenvalue weighted by Gasteiger charge is -2.02. The third kappa shape index (κ3) is 1.76. The molecule has 0 aliphatic carbocycles. The molecule has 1 heterocycles. The number of nitrogens with zero attached hydrogens (tertiary/aromatic N) is 2. The number of halogens is 1. The van der Waals surface area contributed by atoms with E-state index in [9.17, 15) is 0 Å². The molecule has 0 spiro atoms. The van der Waals surface area contributed by atoms with Crippen molar-refractivity contribution in [2.75, 3.05) is 0 Å². The Morgan fingerprint density at radius 2 is 2.45 bits per heavy atom. The maximum Gasteiger partial charge on any atom is 0.121 e. The highest BCUT2D eigenvalue weighted by Gasteiger charge is 2.07. The number of nitrogens with two attached hydrogens (primary N) is 1. The number of aromatic nitrogens is 1. The SMILES string of the molecule is N#C[C@@H](N)c1cccnc1Br. The molecule has 1 atom stereocenters. The lowest BCUT2D eigenvalue weighted by Crippen LogP contribution is -2.08. The standard InChI is InChI=1S/C7H6BrN3/c8-7-5(6(10)4-9)2-1-3-11-7/h1-3,6H,10H2/t6-/m1/s1. The second-order valence-corrected chi connectivity index (χ2v) is 2.74. The first-order valence-corrected chi connectivity index (χ1v) is 3.80. The van der Waals surface area contributed by atoms with Crippen LogP contribution in [-0.2, 0) is 0 Å². The quantitative estimate of drug-likeness (QED) is 0.715. The third-order valence-electron chi connectivity index (χ3n) is 1.26. The van der Waals surface area contributed by atoms with E-state index < -0.39 is 6.04 Å². The predicted molar refractivity (Wildman–Crippen MR) is 44.5 cm³/mol. The Bertz CT molecular complexity index is 292. The Morgan fingerprint density at radius 1 is 1.73 bits per heavy atom. The zero-order valence-corrected chi connectivity index (χ0v) is 7.25. The highest BCUT2D eigenvalue weighted by Crippen LogP contribution is 2.17. The van der Waals surface area contributed by atoms with E-state index in [2.05, 4.69) is 20.9 Å². The van der Waals surface area contributed by atoms with Gasteiger partial charge in [-0.3, -0.25) is 0 Å². The molecule has 56 valence electrons. The Balaban J connectivity index is 3.05. The summed E-state index contributed by atoms with van der Waals surface area (Å²) in [7, 11) is 0. The largest absolute Gasteiger partial charge is 0.312 e. The fourth-order valence-electron chi connectivity index (χ4n) is 0.700. The normalized spacial score (nSPS) is 12.1. The van der Waals surface area contributed by atoms with E-state index in [0.29, 0.717) is 4.60 Å². The first-order valence-electron chi connectivity index (χ1n) is 3.01. The molecule has 0 unspecified atom stereocenters. The molecular weight excluding hydrogens is 206 g/mol. The smallest absolute Gasteiger partial charge is 0.121 e. The van der Waals surface area contributed by atoms with Gasteiger partial charge in [0.05, 0.1) is 6.07 Å². The van der Waals surface area contributed by atoms with Gasteiger partial charge in [0, 0.05) is 11.8 Å². The van der Waals surface area contributed by atoms with Gasteiger partial charge in [-0.2, -0.15) is 5.26 Å². The van der Waals surface area contributed by atoms with Crippen LogP contribution in [0.4, 0.5) is 0 Å². The maximum atomic E-state index is 8.49. The van der Waals surface area contributed by atoms with Crippen molar-refractivity contribution in [3.05, 3.63) is 28.5 Å². The zero-order chi connectivity index (χ0) is 8.27. The van der Waals surface area contributed by atoms with Crippen LogP contribution in [-0.4, -0.2) is 4.98 Å². The monoisotopic (exact) mass is 211 g/mol. The number of pyridine rings is 1. The van der Waals surface area contributed by atoms with Gasteiger partial charge in [0.2, 0.25) is 0 Å². The summed E-state index contributed by atoms with van der Waals surface area (Å²) < 4.78 is 0.633. The first kappa shape index (κ1) is 8.18.